The molecule has 1 aromatic heterocycles. The van der Waals surface area contributed by atoms with Crippen LogP contribution in [-0.4, -0.2) is 22.8 Å². The zero-order valence-corrected chi connectivity index (χ0v) is 9.02. The average Bonchev–Trinajstić information content (AvgIpc) is 2.75. The van der Waals surface area contributed by atoms with Gasteiger partial charge in [-0.25, -0.2) is 0 Å². The van der Waals surface area contributed by atoms with Crippen LogP contribution in [0.4, 0.5) is 0 Å². The molecule has 0 saturated carbocycles. The second-order valence-corrected chi connectivity index (χ2v) is 4.38. The number of aliphatic hydroxyl groups is 1. The first kappa shape index (κ1) is 9.87. The third-order valence-corrected chi connectivity index (χ3v) is 3.22. The molecule has 0 amide bonds. The van der Waals surface area contributed by atoms with E-state index in [1.807, 2.05) is 12.4 Å². The summed E-state index contributed by atoms with van der Waals surface area (Å²) in [5.74, 6) is 0. The first-order valence-corrected chi connectivity index (χ1v) is 5.69. The first-order chi connectivity index (χ1) is 7.83. The third kappa shape index (κ3) is 1.72. The highest BCUT2D eigenvalue weighted by molar-refractivity contribution is 5.82. The molecule has 0 radical (unpaired) electrons. The number of nitrogens with one attached hydrogen (secondary N) is 1. The van der Waals surface area contributed by atoms with E-state index in [-0.39, 0.29) is 12.2 Å². The van der Waals surface area contributed by atoms with Crippen LogP contribution in [0.1, 0.15) is 24.5 Å². The number of benzene rings is 1. The largest absolute Gasteiger partial charge is 0.393 e. The van der Waals surface area contributed by atoms with Crippen LogP contribution in [0, 0.1) is 0 Å². The number of aromatic amines is 1. The summed E-state index contributed by atoms with van der Waals surface area (Å²) in [6.07, 6.45) is 5.25. The molecule has 1 aliphatic rings. The van der Waals surface area contributed by atoms with E-state index in [0.29, 0.717) is 13.0 Å². The summed E-state index contributed by atoms with van der Waals surface area (Å²) in [5, 5.41) is 12.0. The van der Waals surface area contributed by atoms with Gasteiger partial charge in [0.05, 0.1) is 12.2 Å². The van der Waals surface area contributed by atoms with Crippen molar-refractivity contribution in [1.29, 1.82) is 0 Å². The lowest BCUT2D eigenvalue weighted by Gasteiger charge is -2.26. The molecule has 0 aliphatic carbocycles. The van der Waals surface area contributed by atoms with Gasteiger partial charge in [-0.3, -0.25) is 0 Å². The number of ether oxygens (including phenoxy) is 1. The minimum atomic E-state index is -0.222. The Morgan fingerprint density at radius 3 is 3.00 bits per heavy atom. The van der Waals surface area contributed by atoms with Crippen LogP contribution in [0.5, 0.6) is 0 Å². The van der Waals surface area contributed by atoms with Crippen molar-refractivity contribution in [3.63, 3.8) is 0 Å². The maximum atomic E-state index is 9.63. The van der Waals surface area contributed by atoms with Gasteiger partial charge in [0, 0.05) is 25.4 Å². The van der Waals surface area contributed by atoms with Gasteiger partial charge >= 0.3 is 0 Å². The van der Waals surface area contributed by atoms with Gasteiger partial charge in [-0.05, 0) is 28.8 Å². The van der Waals surface area contributed by atoms with Crippen LogP contribution in [0.15, 0.2) is 30.6 Å². The van der Waals surface area contributed by atoms with Gasteiger partial charge in [-0.2, -0.15) is 0 Å². The molecule has 1 saturated heterocycles. The van der Waals surface area contributed by atoms with E-state index in [4.69, 9.17) is 4.74 Å². The average molecular weight is 217 g/mol. The summed E-state index contributed by atoms with van der Waals surface area (Å²) < 4.78 is 5.69. The van der Waals surface area contributed by atoms with Crippen LogP contribution in [0.25, 0.3) is 10.8 Å². The van der Waals surface area contributed by atoms with E-state index in [0.717, 1.165) is 12.0 Å². The van der Waals surface area contributed by atoms with E-state index in [1.54, 1.807) is 0 Å². The molecule has 3 nitrogen and oxygen atoms in total. The Hall–Kier alpha value is -1.32. The van der Waals surface area contributed by atoms with Crippen LogP contribution in [0.3, 0.4) is 0 Å². The highest BCUT2D eigenvalue weighted by atomic mass is 16.5. The summed E-state index contributed by atoms with van der Waals surface area (Å²) in [7, 11) is 0. The predicted molar refractivity (Wildman–Crippen MR) is 62.2 cm³/mol. The maximum absolute atomic E-state index is 9.63. The van der Waals surface area contributed by atoms with Crippen molar-refractivity contribution < 1.29 is 9.84 Å². The molecule has 0 spiro atoms. The van der Waals surface area contributed by atoms with E-state index in [2.05, 4.69) is 23.2 Å². The monoisotopic (exact) mass is 217 g/mol. The molecule has 2 aromatic rings. The van der Waals surface area contributed by atoms with Gasteiger partial charge in [-0.1, -0.05) is 12.1 Å². The fourth-order valence-corrected chi connectivity index (χ4v) is 2.28. The highest BCUT2D eigenvalue weighted by Gasteiger charge is 2.22. The molecule has 84 valence electrons. The van der Waals surface area contributed by atoms with Crippen molar-refractivity contribution in [3.8, 4) is 0 Å². The molecule has 0 bridgehead atoms. The van der Waals surface area contributed by atoms with Crippen LogP contribution < -0.4 is 0 Å². The maximum Gasteiger partial charge on any atom is 0.0849 e. The lowest BCUT2D eigenvalue weighted by atomic mass is 9.98. The minimum absolute atomic E-state index is 0.0445. The molecular weight excluding hydrogens is 202 g/mol. The zero-order chi connectivity index (χ0) is 11.0. The zero-order valence-electron chi connectivity index (χ0n) is 9.02. The lowest BCUT2D eigenvalue weighted by Crippen LogP contribution is -2.23. The number of rotatable bonds is 1. The second kappa shape index (κ2) is 3.92. The Kier molecular flexibility index (Phi) is 2.42. The standard InChI is InChI=1S/C13H15NO2/c15-12-3-4-16-13(6-12)9-1-2-10-7-14-8-11(10)5-9/h1-2,5,7-8,12-15H,3-4,6H2. The fraction of sp³-hybridized carbons (Fsp3) is 0.385. The van der Waals surface area contributed by atoms with Crippen LogP contribution >= 0.6 is 0 Å². The van der Waals surface area contributed by atoms with Crippen molar-refractivity contribution >= 4 is 10.8 Å². The number of fused-ring (bicyclic) bond motifs is 1. The molecule has 3 rings (SSSR count). The van der Waals surface area contributed by atoms with E-state index >= 15 is 0 Å². The van der Waals surface area contributed by atoms with E-state index in [1.165, 1.54) is 10.8 Å². The summed E-state index contributed by atoms with van der Waals surface area (Å²) in [5.41, 5.74) is 1.16. The molecule has 1 aliphatic heterocycles. The van der Waals surface area contributed by atoms with Gasteiger partial charge < -0.3 is 14.8 Å². The molecule has 1 aromatic carbocycles. The van der Waals surface area contributed by atoms with Gasteiger partial charge in [0.2, 0.25) is 0 Å². The summed E-state index contributed by atoms with van der Waals surface area (Å²) >= 11 is 0. The van der Waals surface area contributed by atoms with Gasteiger partial charge in [0.25, 0.3) is 0 Å². The SMILES string of the molecule is OC1CCOC(c2ccc3c[nH]cc3c2)C1. The van der Waals surface area contributed by atoms with E-state index < -0.39 is 0 Å². The Labute approximate surface area is 94.0 Å². The van der Waals surface area contributed by atoms with Crippen molar-refractivity contribution in [2.75, 3.05) is 6.61 Å². The fourth-order valence-electron chi connectivity index (χ4n) is 2.28. The van der Waals surface area contributed by atoms with Crippen molar-refractivity contribution in [3.05, 3.63) is 36.2 Å². The second-order valence-electron chi connectivity index (χ2n) is 4.38. The predicted octanol–water partition coefficient (Wildman–Crippen LogP) is 2.38. The number of aliphatic hydroxyl groups excluding tert-OH is 1. The first-order valence-electron chi connectivity index (χ1n) is 5.69. The number of hydrogen-bond acceptors (Lipinski definition) is 2. The normalized spacial score (nSPS) is 26.1. The number of aromatic nitrogens is 1. The van der Waals surface area contributed by atoms with Crippen LogP contribution in [-0.2, 0) is 4.74 Å². The van der Waals surface area contributed by atoms with Gasteiger partial charge in [-0.15, -0.1) is 0 Å². The van der Waals surface area contributed by atoms with Gasteiger partial charge in [0.1, 0.15) is 0 Å². The quantitative estimate of drug-likeness (QED) is 0.770. The molecule has 2 atom stereocenters. The lowest BCUT2D eigenvalue weighted by molar-refractivity contribution is -0.0447. The molecular formula is C13H15NO2. The Bertz CT molecular complexity index is 491. The number of hydrogen-bond donors (Lipinski definition) is 2. The van der Waals surface area contributed by atoms with Crippen LogP contribution in [0.2, 0.25) is 0 Å². The Morgan fingerprint density at radius 1 is 1.25 bits per heavy atom. The summed E-state index contributed by atoms with van der Waals surface area (Å²) in [6, 6.07) is 6.30. The third-order valence-electron chi connectivity index (χ3n) is 3.22. The Morgan fingerprint density at radius 2 is 2.12 bits per heavy atom. The van der Waals surface area contributed by atoms with Crippen molar-refractivity contribution in [2.24, 2.45) is 0 Å². The molecule has 2 unspecified atom stereocenters. The molecule has 2 N–H and O–H groups in total. The smallest absolute Gasteiger partial charge is 0.0849 e. The topological polar surface area (TPSA) is 45.2 Å². The van der Waals surface area contributed by atoms with Crippen molar-refractivity contribution in [2.45, 2.75) is 25.0 Å². The molecule has 3 heteroatoms. The minimum Gasteiger partial charge on any atom is -0.393 e. The molecule has 1 fully saturated rings. The molecule has 2 heterocycles. The van der Waals surface area contributed by atoms with Crippen molar-refractivity contribution in [1.82, 2.24) is 4.98 Å². The van der Waals surface area contributed by atoms with E-state index in [9.17, 15) is 5.11 Å². The number of H-pyrrole nitrogens is 1. The summed E-state index contributed by atoms with van der Waals surface area (Å²) in [4.78, 5) is 3.09. The summed E-state index contributed by atoms with van der Waals surface area (Å²) in [6.45, 7) is 0.650. The molecule has 16 heavy (non-hydrogen) atoms. The highest BCUT2D eigenvalue weighted by Crippen LogP contribution is 2.29. The Balaban J connectivity index is 1.92. The van der Waals surface area contributed by atoms with Gasteiger partial charge in [0.15, 0.2) is 0 Å².